The van der Waals surface area contributed by atoms with Crippen molar-refractivity contribution in [3.63, 3.8) is 0 Å². The van der Waals surface area contributed by atoms with Gasteiger partial charge < -0.3 is 24.8 Å². The van der Waals surface area contributed by atoms with Crippen molar-refractivity contribution in [1.29, 1.82) is 0 Å². The second kappa shape index (κ2) is 12.9. The molecule has 8 nitrogen and oxygen atoms in total. The molecular formula is C27H42N2O6. The lowest BCUT2D eigenvalue weighted by molar-refractivity contribution is -0.157. The molecule has 4 atom stereocenters. The molecule has 0 saturated heterocycles. The highest BCUT2D eigenvalue weighted by Gasteiger charge is 2.40. The average molecular weight is 491 g/mol. The molecule has 8 heteroatoms. The molecule has 0 aliphatic heterocycles. The predicted molar refractivity (Wildman–Crippen MR) is 134 cm³/mol. The molecule has 0 fully saturated rings. The van der Waals surface area contributed by atoms with Crippen molar-refractivity contribution in [2.45, 2.75) is 91.1 Å². The van der Waals surface area contributed by atoms with Gasteiger partial charge in [-0.05, 0) is 66.8 Å². The number of rotatable bonds is 11. The van der Waals surface area contributed by atoms with Crippen molar-refractivity contribution in [2.24, 2.45) is 11.8 Å². The molecular weight excluding hydrogens is 448 g/mol. The number of ether oxygens (including phenoxy) is 3. The Morgan fingerprint density at radius 3 is 2.49 bits per heavy atom. The molecule has 0 bridgehead atoms. The van der Waals surface area contributed by atoms with Crippen molar-refractivity contribution in [2.75, 3.05) is 13.8 Å². The number of carbonyl (C=O) groups is 3. The summed E-state index contributed by atoms with van der Waals surface area (Å²) in [6, 6.07) is 5.32. The first-order valence-corrected chi connectivity index (χ1v) is 12.6. The topological polar surface area (TPSA) is 103 Å². The van der Waals surface area contributed by atoms with E-state index in [0.29, 0.717) is 17.7 Å². The summed E-state index contributed by atoms with van der Waals surface area (Å²) in [6.45, 7) is 11.1. The largest absolute Gasteiger partial charge is 0.516 e. The minimum atomic E-state index is -0.956. The van der Waals surface area contributed by atoms with E-state index in [0.717, 1.165) is 25.7 Å². The third-order valence-electron chi connectivity index (χ3n) is 7.18. The van der Waals surface area contributed by atoms with Crippen molar-refractivity contribution in [3.05, 3.63) is 29.3 Å². The first kappa shape index (κ1) is 28.6. The van der Waals surface area contributed by atoms with Crippen LogP contribution in [0.3, 0.4) is 0 Å². The third-order valence-corrected chi connectivity index (χ3v) is 7.18. The Labute approximate surface area is 209 Å². The van der Waals surface area contributed by atoms with Crippen molar-refractivity contribution in [3.8, 4) is 5.75 Å². The first-order valence-electron chi connectivity index (χ1n) is 12.6. The maximum atomic E-state index is 12.3. The van der Waals surface area contributed by atoms with Gasteiger partial charge in [-0.1, -0.05) is 53.5 Å². The number of fused-ring (bicyclic) bond motifs is 1. The smallest absolute Gasteiger partial charge is 0.426 e. The van der Waals surface area contributed by atoms with E-state index in [2.05, 4.69) is 31.4 Å². The number of amides is 1. The van der Waals surface area contributed by atoms with Crippen molar-refractivity contribution in [1.82, 2.24) is 10.6 Å². The fourth-order valence-electron chi connectivity index (χ4n) is 4.86. The zero-order valence-electron chi connectivity index (χ0n) is 22.2. The quantitative estimate of drug-likeness (QED) is 0.268. The van der Waals surface area contributed by atoms with Gasteiger partial charge in [0.2, 0.25) is 12.7 Å². The summed E-state index contributed by atoms with van der Waals surface area (Å²) < 4.78 is 15.4. The number of hydrogen-bond donors (Lipinski definition) is 2. The maximum absolute atomic E-state index is 12.3. The summed E-state index contributed by atoms with van der Waals surface area (Å²) in [5.41, 5.74) is 2.42. The summed E-state index contributed by atoms with van der Waals surface area (Å²) in [7, 11) is 2.01. The van der Waals surface area contributed by atoms with Crippen LogP contribution in [0.2, 0.25) is 0 Å². The van der Waals surface area contributed by atoms with Gasteiger partial charge in [0.05, 0.1) is 0 Å². The minimum Gasteiger partial charge on any atom is -0.426 e. The molecule has 0 aromatic heterocycles. The second-order valence-electron chi connectivity index (χ2n) is 10.2. The Morgan fingerprint density at radius 2 is 1.89 bits per heavy atom. The number of nitrogens with one attached hydrogen (secondary N) is 2. The van der Waals surface area contributed by atoms with E-state index in [9.17, 15) is 14.4 Å². The molecule has 2 rings (SSSR count). The lowest BCUT2D eigenvalue weighted by Gasteiger charge is -2.44. The standard InChI is InChI=1S/C27H42N2O6/c1-8-9-10-18(4)27(6)15-21(28-7)13-20-11-12-22(14-23(20)27)35-26(32)34-16-33-25(31)24(17(2)3)29-19(5)30/h11-12,14,17-18,21,24,28H,8-10,13,15-16H2,1-7H3,(H,29,30)/t18-,21-,24?,27-/m0/s1. The lowest BCUT2D eigenvalue weighted by atomic mass is 9.62. The number of likely N-dealkylation sites (N-methyl/N-ethyl adjacent to an activating group) is 1. The number of benzene rings is 1. The molecule has 2 N–H and O–H groups in total. The Kier molecular flexibility index (Phi) is 10.6. The van der Waals surface area contributed by atoms with Crippen LogP contribution in [0.1, 0.15) is 78.4 Å². The van der Waals surface area contributed by atoms with Gasteiger partial charge in [-0.15, -0.1) is 0 Å². The van der Waals surface area contributed by atoms with Crippen LogP contribution in [-0.2, 0) is 30.9 Å². The average Bonchev–Trinajstić information content (AvgIpc) is 2.80. The van der Waals surface area contributed by atoms with Crippen LogP contribution < -0.4 is 15.4 Å². The summed E-state index contributed by atoms with van der Waals surface area (Å²) in [6.07, 6.45) is 4.45. The van der Waals surface area contributed by atoms with Gasteiger partial charge in [-0.25, -0.2) is 9.59 Å². The molecule has 1 aliphatic rings. The molecule has 1 aromatic rings. The van der Waals surface area contributed by atoms with Crippen LogP contribution in [0.25, 0.3) is 0 Å². The van der Waals surface area contributed by atoms with Gasteiger partial charge in [-0.2, -0.15) is 0 Å². The fourth-order valence-corrected chi connectivity index (χ4v) is 4.86. The highest BCUT2D eigenvalue weighted by Crippen LogP contribution is 2.45. The molecule has 1 aliphatic carbocycles. The first-order chi connectivity index (χ1) is 16.5. The van der Waals surface area contributed by atoms with Crippen LogP contribution in [0.4, 0.5) is 4.79 Å². The molecule has 196 valence electrons. The van der Waals surface area contributed by atoms with E-state index < -0.39 is 25.0 Å². The van der Waals surface area contributed by atoms with Gasteiger partial charge in [0, 0.05) is 13.0 Å². The molecule has 1 aromatic carbocycles. The monoisotopic (exact) mass is 490 g/mol. The van der Waals surface area contributed by atoms with E-state index >= 15 is 0 Å². The minimum absolute atomic E-state index is 0.0508. The summed E-state index contributed by atoms with van der Waals surface area (Å²) in [5, 5.41) is 5.98. The second-order valence-corrected chi connectivity index (χ2v) is 10.2. The molecule has 0 saturated carbocycles. The Morgan fingerprint density at radius 1 is 1.17 bits per heavy atom. The molecule has 35 heavy (non-hydrogen) atoms. The van der Waals surface area contributed by atoms with Crippen molar-refractivity contribution < 1.29 is 28.6 Å². The highest BCUT2D eigenvalue weighted by molar-refractivity contribution is 5.83. The molecule has 0 radical (unpaired) electrons. The van der Waals surface area contributed by atoms with Gasteiger partial charge >= 0.3 is 12.1 Å². The van der Waals surface area contributed by atoms with Gasteiger partial charge in [0.15, 0.2) is 0 Å². The fraction of sp³-hybridized carbons (Fsp3) is 0.667. The third kappa shape index (κ3) is 7.69. The number of carbonyl (C=O) groups excluding carboxylic acids is 3. The number of esters is 1. The molecule has 0 heterocycles. The van der Waals surface area contributed by atoms with Crippen LogP contribution in [-0.4, -0.2) is 44.0 Å². The molecule has 0 spiro atoms. The van der Waals surface area contributed by atoms with Crippen LogP contribution in [0, 0.1) is 11.8 Å². The van der Waals surface area contributed by atoms with E-state index in [1.54, 1.807) is 19.9 Å². The molecule has 1 unspecified atom stereocenters. The Balaban J connectivity index is 2.05. The van der Waals surface area contributed by atoms with E-state index in [4.69, 9.17) is 14.2 Å². The van der Waals surface area contributed by atoms with Crippen LogP contribution in [0.15, 0.2) is 18.2 Å². The van der Waals surface area contributed by atoms with Gasteiger partial charge in [0.1, 0.15) is 11.8 Å². The highest BCUT2D eigenvalue weighted by atomic mass is 16.8. The van der Waals surface area contributed by atoms with E-state index in [-0.39, 0.29) is 17.2 Å². The predicted octanol–water partition coefficient (Wildman–Crippen LogP) is 4.48. The molecule has 1 amide bonds. The summed E-state index contributed by atoms with van der Waals surface area (Å²) in [4.78, 5) is 35.8. The SMILES string of the molecule is CCCC[C@H](C)[C@]1(C)C[C@@H](NC)Cc2ccc(OC(=O)OCOC(=O)C(NC(C)=O)C(C)C)cc21. The van der Waals surface area contributed by atoms with Crippen molar-refractivity contribution >= 4 is 18.0 Å². The zero-order chi connectivity index (χ0) is 26.2. The van der Waals surface area contributed by atoms with E-state index in [1.165, 1.54) is 24.5 Å². The zero-order valence-corrected chi connectivity index (χ0v) is 22.2. The summed E-state index contributed by atoms with van der Waals surface area (Å²) in [5.74, 6) is -0.324. The Hall–Kier alpha value is -2.61. The van der Waals surface area contributed by atoms with Crippen LogP contribution in [0.5, 0.6) is 5.75 Å². The lowest BCUT2D eigenvalue weighted by Crippen LogP contribution is -2.44. The maximum Gasteiger partial charge on any atom is 0.516 e. The van der Waals surface area contributed by atoms with Gasteiger partial charge in [0.25, 0.3) is 0 Å². The Bertz CT molecular complexity index is 886. The number of hydrogen-bond acceptors (Lipinski definition) is 7. The van der Waals surface area contributed by atoms with Crippen LogP contribution >= 0.6 is 0 Å². The number of unbranched alkanes of at least 4 members (excludes halogenated alkanes) is 1. The summed E-state index contributed by atoms with van der Waals surface area (Å²) >= 11 is 0. The van der Waals surface area contributed by atoms with Gasteiger partial charge in [-0.3, -0.25) is 4.79 Å². The normalized spacial score (nSPS) is 21.0. The van der Waals surface area contributed by atoms with E-state index in [1.807, 2.05) is 19.2 Å².